The van der Waals surface area contributed by atoms with E-state index in [0.29, 0.717) is 0 Å². The van der Waals surface area contributed by atoms with Gasteiger partial charge >= 0.3 is 0 Å². The summed E-state index contributed by atoms with van der Waals surface area (Å²) in [5.41, 5.74) is 1.00. The Balaban J connectivity index is 1.88. The van der Waals surface area contributed by atoms with Gasteiger partial charge in [-0.05, 0) is 55.7 Å². The molecule has 2 aromatic carbocycles. The van der Waals surface area contributed by atoms with Crippen LogP contribution in [0.1, 0.15) is 41.7 Å². The van der Waals surface area contributed by atoms with Crippen molar-refractivity contribution in [1.82, 2.24) is 9.62 Å². The van der Waals surface area contributed by atoms with Crippen LogP contribution in [0.15, 0.2) is 47.4 Å². The van der Waals surface area contributed by atoms with E-state index in [1.165, 1.54) is 42.3 Å². The number of rotatable bonds is 7. The molecule has 1 N–H and O–H groups in total. The zero-order valence-corrected chi connectivity index (χ0v) is 16.8. The molecule has 3 rings (SSSR count). The molecule has 8 heteroatoms. The number of benzene rings is 2. The molecule has 0 aliphatic heterocycles. The number of methoxy groups -OCH3 is 1. The van der Waals surface area contributed by atoms with E-state index >= 15 is 0 Å². The van der Waals surface area contributed by atoms with Gasteiger partial charge in [0.15, 0.2) is 0 Å². The Morgan fingerprint density at radius 2 is 1.86 bits per heavy atom. The molecule has 0 bridgehead atoms. The average molecular weight is 406 g/mol. The number of carbonyl (C=O) groups excluding carboxylic acids is 1. The van der Waals surface area contributed by atoms with Crippen LogP contribution in [0.3, 0.4) is 0 Å². The van der Waals surface area contributed by atoms with Crippen molar-refractivity contribution in [2.45, 2.75) is 36.7 Å². The highest BCUT2D eigenvalue weighted by atomic mass is 32.2. The lowest BCUT2D eigenvalue weighted by Crippen LogP contribution is -2.30. The summed E-state index contributed by atoms with van der Waals surface area (Å²) in [6.07, 6.45) is 1.61. The van der Waals surface area contributed by atoms with Gasteiger partial charge in [-0.15, -0.1) is 0 Å². The number of halogens is 1. The molecule has 1 aliphatic carbocycles. The standard InChI is InChI=1S/C20H23FN2O4S/c1-13(14-4-7-16(21)8-5-14)23(2)20(24)15-6-11-18(27-3)19(12-15)28(25,26)22-17-9-10-17/h4-8,11-13,17,22H,9-10H2,1-3H3. The van der Waals surface area contributed by atoms with E-state index < -0.39 is 10.0 Å². The molecule has 1 atom stereocenters. The summed E-state index contributed by atoms with van der Waals surface area (Å²) in [6, 6.07) is 9.88. The summed E-state index contributed by atoms with van der Waals surface area (Å²) in [6.45, 7) is 1.82. The highest BCUT2D eigenvalue weighted by Gasteiger charge is 2.31. The Kier molecular flexibility index (Phi) is 5.71. The molecule has 1 amide bonds. The summed E-state index contributed by atoms with van der Waals surface area (Å²) < 4.78 is 46.2. The summed E-state index contributed by atoms with van der Waals surface area (Å²) in [4.78, 5) is 14.4. The summed E-state index contributed by atoms with van der Waals surface area (Å²) in [7, 11) is -0.779. The molecule has 0 spiro atoms. The van der Waals surface area contributed by atoms with Crippen LogP contribution >= 0.6 is 0 Å². The molecule has 0 heterocycles. The maximum absolute atomic E-state index is 13.1. The summed E-state index contributed by atoms with van der Waals surface area (Å²) in [5, 5.41) is 0. The van der Waals surface area contributed by atoms with Crippen LogP contribution < -0.4 is 9.46 Å². The number of ether oxygens (including phenoxy) is 1. The SMILES string of the molecule is COc1ccc(C(=O)N(C)C(C)c2ccc(F)cc2)cc1S(=O)(=O)NC1CC1. The van der Waals surface area contributed by atoms with E-state index in [1.807, 2.05) is 6.92 Å². The van der Waals surface area contributed by atoms with Gasteiger partial charge in [0.1, 0.15) is 16.5 Å². The third-order valence-electron chi connectivity index (χ3n) is 4.85. The van der Waals surface area contributed by atoms with Gasteiger partial charge in [0, 0.05) is 18.7 Å². The molecule has 1 unspecified atom stereocenters. The molecule has 28 heavy (non-hydrogen) atoms. The lowest BCUT2D eigenvalue weighted by Gasteiger charge is -2.26. The quantitative estimate of drug-likeness (QED) is 0.767. The lowest BCUT2D eigenvalue weighted by molar-refractivity contribution is 0.0742. The van der Waals surface area contributed by atoms with Crippen LogP contribution in [-0.2, 0) is 10.0 Å². The first-order valence-corrected chi connectivity index (χ1v) is 10.4. The first-order valence-electron chi connectivity index (χ1n) is 8.96. The molecule has 150 valence electrons. The second-order valence-corrected chi connectivity index (χ2v) is 8.59. The highest BCUT2D eigenvalue weighted by molar-refractivity contribution is 7.89. The zero-order valence-electron chi connectivity index (χ0n) is 16.0. The predicted molar refractivity (Wildman–Crippen MR) is 103 cm³/mol. The van der Waals surface area contributed by atoms with E-state index in [4.69, 9.17) is 4.74 Å². The number of amides is 1. The Hall–Kier alpha value is -2.45. The maximum atomic E-state index is 13.1. The Bertz CT molecular complexity index is 972. The smallest absolute Gasteiger partial charge is 0.254 e. The third kappa shape index (κ3) is 4.34. The van der Waals surface area contributed by atoms with Gasteiger partial charge in [0.2, 0.25) is 10.0 Å². The zero-order chi connectivity index (χ0) is 20.5. The van der Waals surface area contributed by atoms with Gasteiger partial charge < -0.3 is 9.64 Å². The first kappa shape index (κ1) is 20.3. The number of carbonyl (C=O) groups is 1. The van der Waals surface area contributed by atoms with Gasteiger partial charge in [0.25, 0.3) is 5.91 Å². The van der Waals surface area contributed by atoms with Crippen LogP contribution in [0.2, 0.25) is 0 Å². The van der Waals surface area contributed by atoms with Crippen LogP contribution in [0.25, 0.3) is 0 Å². The fourth-order valence-corrected chi connectivity index (χ4v) is 4.35. The van der Waals surface area contributed by atoms with Crippen molar-refractivity contribution in [1.29, 1.82) is 0 Å². The molecule has 0 saturated heterocycles. The predicted octanol–water partition coefficient (Wildman–Crippen LogP) is 3.11. The van der Waals surface area contributed by atoms with Gasteiger partial charge in [-0.3, -0.25) is 4.79 Å². The molecule has 1 saturated carbocycles. The van der Waals surface area contributed by atoms with Crippen molar-refractivity contribution in [3.05, 3.63) is 59.4 Å². The van der Waals surface area contributed by atoms with Gasteiger partial charge in [-0.1, -0.05) is 12.1 Å². The molecule has 1 fully saturated rings. The average Bonchev–Trinajstić information content (AvgIpc) is 3.49. The van der Waals surface area contributed by atoms with Crippen LogP contribution in [0.4, 0.5) is 4.39 Å². The van der Waals surface area contributed by atoms with E-state index in [9.17, 15) is 17.6 Å². The molecular weight excluding hydrogens is 383 g/mol. The van der Waals surface area contributed by atoms with Gasteiger partial charge in [0.05, 0.1) is 13.2 Å². The van der Waals surface area contributed by atoms with E-state index in [2.05, 4.69) is 4.72 Å². The summed E-state index contributed by atoms with van der Waals surface area (Å²) in [5.74, 6) is -0.514. The van der Waals surface area contributed by atoms with Crippen molar-refractivity contribution in [3.63, 3.8) is 0 Å². The number of hydrogen-bond donors (Lipinski definition) is 1. The van der Waals surface area contributed by atoms with E-state index in [-0.39, 0.29) is 40.0 Å². The second kappa shape index (κ2) is 7.89. The van der Waals surface area contributed by atoms with Gasteiger partial charge in [-0.25, -0.2) is 17.5 Å². The van der Waals surface area contributed by atoms with Crippen molar-refractivity contribution in [3.8, 4) is 5.75 Å². The van der Waals surface area contributed by atoms with Crippen LogP contribution in [0.5, 0.6) is 5.75 Å². The molecule has 2 aromatic rings. The van der Waals surface area contributed by atoms with Crippen molar-refractivity contribution in [2.75, 3.05) is 14.2 Å². The van der Waals surface area contributed by atoms with Crippen molar-refractivity contribution < 1.29 is 22.3 Å². The topological polar surface area (TPSA) is 75.7 Å². The van der Waals surface area contributed by atoms with Crippen LogP contribution in [-0.4, -0.2) is 39.4 Å². The highest BCUT2D eigenvalue weighted by Crippen LogP contribution is 2.29. The molecule has 0 aromatic heterocycles. The molecule has 0 radical (unpaired) electrons. The minimum Gasteiger partial charge on any atom is -0.495 e. The first-order chi connectivity index (χ1) is 13.2. The van der Waals surface area contributed by atoms with Gasteiger partial charge in [-0.2, -0.15) is 0 Å². The second-order valence-electron chi connectivity index (χ2n) is 6.90. The fourth-order valence-electron chi connectivity index (χ4n) is 2.85. The summed E-state index contributed by atoms with van der Waals surface area (Å²) >= 11 is 0. The molecule has 6 nitrogen and oxygen atoms in total. The van der Waals surface area contributed by atoms with Crippen molar-refractivity contribution in [2.24, 2.45) is 0 Å². The monoisotopic (exact) mass is 406 g/mol. The largest absolute Gasteiger partial charge is 0.495 e. The lowest BCUT2D eigenvalue weighted by atomic mass is 10.1. The minimum atomic E-state index is -3.79. The number of nitrogens with one attached hydrogen (secondary N) is 1. The minimum absolute atomic E-state index is 0.0596. The number of sulfonamides is 1. The number of hydrogen-bond acceptors (Lipinski definition) is 4. The number of nitrogens with zero attached hydrogens (tertiary/aromatic N) is 1. The Morgan fingerprint density at radius 3 is 2.43 bits per heavy atom. The maximum Gasteiger partial charge on any atom is 0.254 e. The third-order valence-corrected chi connectivity index (χ3v) is 6.39. The van der Waals surface area contributed by atoms with E-state index in [1.54, 1.807) is 19.2 Å². The van der Waals surface area contributed by atoms with Crippen LogP contribution in [0, 0.1) is 5.82 Å². The fraction of sp³-hybridized carbons (Fsp3) is 0.350. The van der Waals surface area contributed by atoms with Crippen molar-refractivity contribution >= 4 is 15.9 Å². The molecular formula is C20H23FN2O4S. The molecule has 1 aliphatic rings. The normalized spacial score (nSPS) is 15.1. The van der Waals surface area contributed by atoms with E-state index in [0.717, 1.165) is 18.4 Å². The Morgan fingerprint density at radius 1 is 1.21 bits per heavy atom. The Labute approximate surface area is 164 Å².